The van der Waals surface area contributed by atoms with E-state index in [4.69, 9.17) is 0 Å². The summed E-state index contributed by atoms with van der Waals surface area (Å²) in [6.07, 6.45) is 3.14. The Bertz CT molecular complexity index is 216. The van der Waals surface area contributed by atoms with Crippen molar-refractivity contribution in [1.29, 1.82) is 0 Å². The van der Waals surface area contributed by atoms with E-state index in [9.17, 15) is 8.42 Å². The monoisotopic (exact) mass is 271 g/mol. The number of unbranched alkanes of at least 4 members (excludes halogenated alkanes) is 2. The van der Waals surface area contributed by atoms with Gasteiger partial charge in [-0.25, -0.2) is 12.7 Å². The molecule has 0 aromatic carbocycles. The Morgan fingerprint density at radius 2 is 1.85 bits per heavy atom. The molecule has 0 fully saturated rings. The molecular weight excluding hydrogens is 254 g/mol. The minimum absolute atomic E-state index is 0.196. The highest BCUT2D eigenvalue weighted by atomic mass is 79.9. The maximum Gasteiger partial charge on any atom is 0.213 e. The summed E-state index contributed by atoms with van der Waals surface area (Å²) in [6.45, 7) is 2.31. The molecule has 0 radical (unpaired) electrons. The zero-order chi connectivity index (χ0) is 10.3. The molecule has 0 unspecified atom stereocenters. The molecule has 0 rings (SSSR count). The van der Waals surface area contributed by atoms with Crippen molar-refractivity contribution in [2.24, 2.45) is 0 Å². The van der Waals surface area contributed by atoms with Crippen molar-refractivity contribution in [1.82, 2.24) is 4.31 Å². The normalized spacial score (nSPS) is 12.3. The number of hydrogen-bond donors (Lipinski definition) is 0. The summed E-state index contributed by atoms with van der Waals surface area (Å²) in [7, 11) is -1.32. The van der Waals surface area contributed by atoms with E-state index < -0.39 is 10.0 Å². The van der Waals surface area contributed by atoms with Crippen LogP contribution in [0.2, 0.25) is 0 Å². The maximum atomic E-state index is 11.3. The molecule has 0 amide bonds. The van der Waals surface area contributed by atoms with Crippen LogP contribution in [0.3, 0.4) is 0 Å². The first-order valence-electron chi connectivity index (χ1n) is 4.54. The van der Waals surface area contributed by atoms with Gasteiger partial charge in [0, 0.05) is 18.9 Å². The summed E-state index contributed by atoms with van der Waals surface area (Å²) in [6, 6.07) is 0. The van der Waals surface area contributed by atoms with Gasteiger partial charge in [0.15, 0.2) is 0 Å². The predicted molar refractivity (Wildman–Crippen MR) is 59.7 cm³/mol. The summed E-state index contributed by atoms with van der Waals surface area (Å²) in [5.41, 5.74) is 0. The number of rotatable bonds is 7. The lowest BCUT2D eigenvalue weighted by Gasteiger charge is -2.15. The zero-order valence-corrected chi connectivity index (χ0v) is 10.7. The number of nitrogens with zero attached hydrogens (tertiary/aromatic N) is 1. The fourth-order valence-corrected chi connectivity index (χ4v) is 2.21. The van der Waals surface area contributed by atoms with Gasteiger partial charge in [0.2, 0.25) is 10.0 Å². The molecule has 0 aromatic rings. The van der Waals surface area contributed by atoms with Crippen molar-refractivity contribution in [3.63, 3.8) is 0 Å². The van der Waals surface area contributed by atoms with Crippen molar-refractivity contribution >= 4 is 26.0 Å². The van der Waals surface area contributed by atoms with E-state index in [-0.39, 0.29) is 5.75 Å². The highest BCUT2D eigenvalue weighted by Crippen LogP contribution is 2.03. The second-order valence-corrected chi connectivity index (χ2v) is 6.13. The van der Waals surface area contributed by atoms with Gasteiger partial charge in [-0.15, -0.1) is 0 Å². The van der Waals surface area contributed by atoms with E-state index in [0.717, 1.165) is 24.6 Å². The van der Waals surface area contributed by atoms with Gasteiger partial charge in [-0.3, -0.25) is 0 Å². The lowest BCUT2D eigenvalue weighted by atomic mass is 10.2. The molecule has 0 aromatic heterocycles. The molecule has 0 bridgehead atoms. The Balaban J connectivity index is 3.69. The molecule has 0 aliphatic heterocycles. The second kappa shape index (κ2) is 6.79. The summed E-state index contributed by atoms with van der Waals surface area (Å²) >= 11 is 3.34. The summed E-state index contributed by atoms with van der Waals surface area (Å²) in [4.78, 5) is 0. The molecule has 0 N–H and O–H groups in total. The van der Waals surface area contributed by atoms with Gasteiger partial charge in [-0.1, -0.05) is 22.4 Å². The quantitative estimate of drug-likeness (QED) is 0.524. The van der Waals surface area contributed by atoms with Gasteiger partial charge < -0.3 is 0 Å². The Morgan fingerprint density at radius 1 is 1.23 bits per heavy atom. The lowest BCUT2D eigenvalue weighted by molar-refractivity contribution is 0.455. The lowest BCUT2D eigenvalue weighted by Crippen LogP contribution is -2.29. The first-order chi connectivity index (χ1) is 6.04. The van der Waals surface area contributed by atoms with Crippen LogP contribution < -0.4 is 0 Å². The summed E-state index contributed by atoms with van der Waals surface area (Å²) < 4.78 is 24.0. The largest absolute Gasteiger partial charge is 0.213 e. The van der Waals surface area contributed by atoms with Crippen molar-refractivity contribution in [3.05, 3.63) is 0 Å². The van der Waals surface area contributed by atoms with Crippen LogP contribution in [-0.4, -0.2) is 37.4 Å². The van der Waals surface area contributed by atoms with Crippen LogP contribution in [-0.2, 0) is 10.0 Å². The van der Waals surface area contributed by atoms with Crippen molar-refractivity contribution in [3.8, 4) is 0 Å². The minimum atomic E-state index is -2.96. The smallest absolute Gasteiger partial charge is 0.212 e. The third kappa shape index (κ3) is 5.65. The fourth-order valence-electron chi connectivity index (χ4n) is 0.965. The van der Waals surface area contributed by atoms with Gasteiger partial charge in [0.1, 0.15) is 0 Å². The third-order valence-corrected chi connectivity index (χ3v) is 4.37. The van der Waals surface area contributed by atoms with Crippen molar-refractivity contribution in [2.45, 2.75) is 26.2 Å². The van der Waals surface area contributed by atoms with Crippen molar-refractivity contribution < 1.29 is 8.42 Å². The molecule has 13 heavy (non-hydrogen) atoms. The highest BCUT2D eigenvalue weighted by Gasteiger charge is 2.13. The van der Waals surface area contributed by atoms with Crippen molar-refractivity contribution in [2.75, 3.05) is 24.7 Å². The third-order valence-electron chi connectivity index (χ3n) is 1.95. The van der Waals surface area contributed by atoms with E-state index in [1.54, 1.807) is 14.0 Å². The molecule has 0 aliphatic carbocycles. The summed E-state index contributed by atoms with van der Waals surface area (Å²) in [5, 5.41) is 0.997. The first-order valence-corrected chi connectivity index (χ1v) is 7.27. The SMILES string of the molecule is CCS(=O)(=O)N(C)CCCCCBr. The molecule has 0 saturated heterocycles. The van der Waals surface area contributed by atoms with Crippen LogP contribution in [0.15, 0.2) is 0 Å². The van der Waals surface area contributed by atoms with Crippen LogP contribution in [0.25, 0.3) is 0 Å². The van der Waals surface area contributed by atoms with Gasteiger partial charge in [-0.05, 0) is 19.8 Å². The number of sulfonamides is 1. The average Bonchev–Trinajstić information content (AvgIpc) is 2.12. The average molecular weight is 272 g/mol. The molecule has 3 nitrogen and oxygen atoms in total. The number of halogens is 1. The van der Waals surface area contributed by atoms with Gasteiger partial charge in [0.25, 0.3) is 0 Å². The Labute approximate surface area is 89.7 Å². The Hall–Kier alpha value is 0.390. The van der Waals surface area contributed by atoms with Crippen LogP contribution in [0.1, 0.15) is 26.2 Å². The number of alkyl halides is 1. The first kappa shape index (κ1) is 13.4. The molecule has 0 aliphatic rings. The maximum absolute atomic E-state index is 11.3. The number of hydrogen-bond acceptors (Lipinski definition) is 2. The molecule has 0 atom stereocenters. The second-order valence-electron chi connectivity index (χ2n) is 2.97. The molecule has 0 heterocycles. The standard InChI is InChI=1S/C8H18BrNO2S/c1-3-13(11,12)10(2)8-6-4-5-7-9/h3-8H2,1-2H3. The zero-order valence-electron chi connectivity index (χ0n) is 8.29. The topological polar surface area (TPSA) is 37.4 Å². The molecule has 80 valence electrons. The molecular formula is C8H18BrNO2S. The van der Waals surface area contributed by atoms with Gasteiger partial charge >= 0.3 is 0 Å². The van der Waals surface area contributed by atoms with Crippen LogP contribution in [0, 0.1) is 0 Å². The van der Waals surface area contributed by atoms with Gasteiger partial charge in [-0.2, -0.15) is 0 Å². The Kier molecular flexibility index (Phi) is 6.99. The van der Waals surface area contributed by atoms with E-state index in [2.05, 4.69) is 15.9 Å². The van der Waals surface area contributed by atoms with E-state index >= 15 is 0 Å². The van der Waals surface area contributed by atoms with Crippen LogP contribution in [0.5, 0.6) is 0 Å². The molecule has 0 saturated carbocycles. The summed E-state index contributed by atoms with van der Waals surface area (Å²) in [5.74, 6) is 0.196. The van der Waals surface area contributed by atoms with E-state index in [1.807, 2.05) is 0 Å². The van der Waals surface area contributed by atoms with E-state index in [0.29, 0.717) is 6.54 Å². The van der Waals surface area contributed by atoms with Crippen LogP contribution in [0.4, 0.5) is 0 Å². The van der Waals surface area contributed by atoms with Crippen LogP contribution >= 0.6 is 15.9 Å². The predicted octanol–water partition coefficient (Wildman–Crippen LogP) is 1.83. The van der Waals surface area contributed by atoms with E-state index in [1.165, 1.54) is 4.31 Å². The Morgan fingerprint density at radius 3 is 2.31 bits per heavy atom. The molecule has 0 spiro atoms. The highest BCUT2D eigenvalue weighted by molar-refractivity contribution is 9.09. The molecule has 5 heteroatoms. The van der Waals surface area contributed by atoms with Gasteiger partial charge in [0.05, 0.1) is 5.75 Å². The fraction of sp³-hybridized carbons (Fsp3) is 1.00. The minimum Gasteiger partial charge on any atom is -0.212 e.